The molecular formula is C13H21NO. The van der Waals surface area contributed by atoms with Gasteiger partial charge < -0.3 is 10.1 Å². The SMILES string of the molecule is CCCC(C)Nc1ccc(OC)c(C)c1. The van der Waals surface area contributed by atoms with E-state index in [-0.39, 0.29) is 0 Å². The van der Waals surface area contributed by atoms with E-state index in [0.717, 1.165) is 5.75 Å². The normalized spacial score (nSPS) is 12.3. The molecule has 0 radical (unpaired) electrons. The Balaban J connectivity index is 2.66. The lowest BCUT2D eigenvalue weighted by Gasteiger charge is -2.15. The van der Waals surface area contributed by atoms with Gasteiger partial charge in [-0.25, -0.2) is 0 Å². The third-order valence-corrected chi connectivity index (χ3v) is 2.53. The predicted octanol–water partition coefficient (Wildman–Crippen LogP) is 3.60. The predicted molar refractivity (Wildman–Crippen MR) is 65.7 cm³/mol. The van der Waals surface area contributed by atoms with Gasteiger partial charge in [-0.15, -0.1) is 0 Å². The summed E-state index contributed by atoms with van der Waals surface area (Å²) in [5, 5.41) is 3.48. The maximum atomic E-state index is 5.22. The van der Waals surface area contributed by atoms with Gasteiger partial charge in [-0.2, -0.15) is 0 Å². The van der Waals surface area contributed by atoms with Crippen molar-refractivity contribution in [1.29, 1.82) is 0 Å². The van der Waals surface area contributed by atoms with E-state index in [9.17, 15) is 0 Å². The number of benzene rings is 1. The van der Waals surface area contributed by atoms with Crippen LogP contribution < -0.4 is 10.1 Å². The molecule has 1 aromatic carbocycles. The second-order valence-electron chi connectivity index (χ2n) is 4.02. The third-order valence-electron chi connectivity index (χ3n) is 2.53. The van der Waals surface area contributed by atoms with Crippen molar-refractivity contribution < 1.29 is 4.74 Å². The summed E-state index contributed by atoms with van der Waals surface area (Å²) in [6.45, 7) is 6.48. The summed E-state index contributed by atoms with van der Waals surface area (Å²) in [6, 6.07) is 6.74. The van der Waals surface area contributed by atoms with Crippen LogP contribution in [0, 0.1) is 6.92 Å². The summed E-state index contributed by atoms with van der Waals surface area (Å²) in [4.78, 5) is 0. The molecule has 15 heavy (non-hydrogen) atoms. The van der Waals surface area contributed by atoms with Crippen molar-refractivity contribution in [3.05, 3.63) is 23.8 Å². The summed E-state index contributed by atoms with van der Waals surface area (Å²) in [5.41, 5.74) is 2.35. The lowest BCUT2D eigenvalue weighted by atomic mass is 10.1. The fraction of sp³-hybridized carbons (Fsp3) is 0.538. The number of anilines is 1. The van der Waals surface area contributed by atoms with E-state index in [0.29, 0.717) is 6.04 Å². The zero-order valence-electron chi connectivity index (χ0n) is 10.1. The molecule has 1 atom stereocenters. The topological polar surface area (TPSA) is 21.3 Å². The molecule has 0 aliphatic rings. The highest BCUT2D eigenvalue weighted by molar-refractivity contribution is 5.51. The van der Waals surface area contributed by atoms with Gasteiger partial charge in [-0.1, -0.05) is 13.3 Å². The van der Waals surface area contributed by atoms with E-state index in [1.54, 1.807) is 7.11 Å². The number of hydrogen-bond donors (Lipinski definition) is 1. The van der Waals surface area contributed by atoms with Crippen LogP contribution in [0.5, 0.6) is 5.75 Å². The molecule has 1 N–H and O–H groups in total. The largest absolute Gasteiger partial charge is 0.496 e. The molecule has 0 bridgehead atoms. The van der Waals surface area contributed by atoms with Gasteiger partial charge in [0.2, 0.25) is 0 Å². The first-order valence-corrected chi connectivity index (χ1v) is 5.58. The highest BCUT2D eigenvalue weighted by Crippen LogP contribution is 2.22. The molecule has 0 saturated carbocycles. The highest BCUT2D eigenvalue weighted by Gasteiger charge is 2.03. The van der Waals surface area contributed by atoms with Crippen molar-refractivity contribution in [2.45, 2.75) is 39.7 Å². The Labute approximate surface area is 92.6 Å². The molecule has 2 heteroatoms. The fourth-order valence-corrected chi connectivity index (χ4v) is 1.76. The number of hydrogen-bond acceptors (Lipinski definition) is 2. The highest BCUT2D eigenvalue weighted by atomic mass is 16.5. The number of ether oxygens (including phenoxy) is 1. The molecular weight excluding hydrogens is 186 g/mol. The fourth-order valence-electron chi connectivity index (χ4n) is 1.76. The molecule has 0 heterocycles. The Morgan fingerprint density at radius 3 is 2.67 bits per heavy atom. The molecule has 1 rings (SSSR count). The lowest BCUT2D eigenvalue weighted by Crippen LogP contribution is -2.14. The Morgan fingerprint density at radius 1 is 1.40 bits per heavy atom. The van der Waals surface area contributed by atoms with Gasteiger partial charge in [0.15, 0.2) is 0 Å². The first-order valence-electron chi connectivity index (χ1n) is 5.58. The first kappa shape index (κ1) is 11.9. The monoisotopic (exact) mass is 207 g/mol. The van der Waals surface area contributed by atoms with Gasteiger partial charge in [0.1, 0.15) is 5.75 Å². The van der Waals surface area contributed by atoms with Crippen LogP contribution in [0.1, 0.15) is 32.3 Å². The Hall–Kier alpha value is -1.18. The molecule has 0 aliphatic heterocycles. The smallest absolute Gasteiger partial charge is 0.121 e. The van der Waals surface area contributed by atoms with Crippen molar-refractivity contribution >= 4 is 5.69 Å². The minimum Gasteiger partial charge on any atom is -0.496 e. The molecule has 0 saturated heterocycles. The van der Waals surface area contributed by atoms with E-state index in [1.807, 2.05) is 6.07 Å². The van der Waals surface area contributed by atoms with E-state index in [4.69, 9.17) is 4.74 Å². The average Bonchev–Trinajstić information content (AvgIpc) is 2.18. The van der Waals surface area contributed by atoms with Crippen LogP contribution in [-0.4, -0.2) is 13.2 Å². The number of methoxy groups -OCH3 is 1. The molecule has 1 aromatic rings. The number of aryl methyl sites for hydroxylation is 1. The zero-order valence-corrected chi connectivity index (χ0v) is 10.1. The minimum atomic E-state index is 0.530. The number of nitrogens with one attached hydrogen (secondary N) is 1. The van der Waals surface area contributed by atoms with Crippen LogP contribution in [-0.2, 0) is 0 Å². The molecule has 84 valence electrons. The lowest BCUT2D eigenvalue weighted by molar-refractivity contribution is 0.412. The van der Waals surface area contributed by atoms with Gasteiger partial charge in [-0.05, 0) is 44.0 Å². The van der Waals surface area contributed by atoms with Crippen LogP contribution in [0.25, 0.3) is 0 Å². The van der Waals surface area contributed by atoms with E-state index in [1.165, 1.54) is 24.1 Å². The summed E-state index contributed by atoms with van der Waals surface area (Å²) in [7, 11) is 1.70. The first-order chi connectivity index (χ1) is 7.17. The number of rotatable bonds is 5. The van der Waals surface area contributed by atoms with Crippen LogP contribution in [0.3, 0.4) is 0 Å². The minimum absolute atomic E-state index is 0.530. The zero-order chi connectivity index (χ0) is 11.3. The Bertz CT molecular complexity index is 309. The molecule has 2 nitrogen and oxygen atoms in total. The van der Waals surface area contributed by atoms with Crippen molar-refractivity contribution in [3.8, 4) is 5.75 Å². The molecule has 0 fully saturated rings. The summed E-state index contributed by atoms with van der Waals surface area (Å²) >= 11 is 0. The maximum Gasteiger partial charge on any atom is 0.121 e. The van der Waals surface area contributed by atoms with E-state index < -0.39 is 0 Å². The standard InChI is InChI=1S/C13H21NO/c1-5-6-11(3)14-12-7-8-13(15-4)10(2)9-12/h7-9,11,14H,5-6H2,1-4H3. The Morgan fingerprint density at radius 2 is 2.13 bits per heavy atom. The average molecular weight is 207 g/mol. The van der Waals surface area contributed by atoms with E-state index in [2.05, 4.69) is 38.2 Å². The summed E-state index contributed by atoms with van der Waals surface area (Å²) in [6.07, 6.45) is 2.41. The Kier molecular flexibility index (Phi) is 4.47. The van der Waals surface area contributed by atoms with Crippen molar-refractivity contribution in [3.63, 3.8) is 0 Å². The quantitative estimate of drug-likeness (QED) is 0.796. The van der Waals surface area contributed by atoms with Crippen molar-refractivity contribution in [2.24, 2.45) is 0 Å². The van der Waals surface area contributed by atoms with Crippen LogP contribution in [0.15, 0.2) is 18.2 Å². The second-order valence-corrected chi connectivity index (χ2v) is 4.02. The van der Waals surface area contributed by atoms with Gasteiger partial charge >= 0.3 is 0 Å². The molecule has 0 aliphatic carbocycles. The molecule has 1 unspecified atom stereocenters. The van der Waals surface area contributed by atoms with Gasteiger partial charge in [-0.3, -0.25) is 0 Å². The van der Waals surface area contributed by atoms with Gasteiger partial charge in [0, 0.05) is 11.7 Å². The van der Waals surface area contributed by atoms with Crippen LogP contribution in [0.4, 0.5) is 5.69 Å². The van der Waals surface area contributed by atoms with Crippen molar-refractivity contribution in [2.75, 3.05) is 12.4 Å². The summed E-state index contributed by atoms with van der Waals surface area (Å²) < 4.78 is 5.22. The summed E-state index contributed by atoms with van der Waals surface area (Å²) in [5.74, 6) is 0.948. The van der Waals surface area contributed by atoms with Crippen LogP contribution >= 0.6 is 0 Å². The third kappa shape index (κ3) is 3.46. The van der Waals surface area contributed by atoms with Gasteiger partial charge in [0.25, 0.3) is 0 Å². The van der Waals surface area contributed by atoms with E-state index >= 15 is 0 Å². The molecule has 0 amide bonds. The molecule has 0 spiro atoms. The maximum absolute atomic E-state index is 5.22. The van der Waals surface area contributed by atoms with Crippen LogP contribution in [0.2, 0.25) is 0 Å². The van der Waals surface area contributed by atoms with Crippen molar-refractivity contribution in [1.82, 2.24) is 0 Å². The van der Waals surface area contributed by atoms with Gasteiger partial charge in [0.05, 0.1) is 7.11 Å². The second kappa shape index (κ2) is 5.64. The molecule has 0 aromatic heterocycles.